The van der Waals surface area contributed by atoms with Gasteiger partial charge in [0, 0.05) is 12.8 Å². The Labute approximate surface area is 514 Å². The van der Waals surface area contributed by atoms with Crippen molar-refractivity contribution in [2.24, 2.45) is 0 Å². The predicted octanol–water partition coefficient (Wildman–Crippen LogP) is 24.7. The molecule has 0 aliphatic heterocycles. The zero-order valence-corrected chi connectivity index (χ0v) is 56.0. The van der Waals surface area contributed by atoms with Crippen LogP contribution in [0.1, 0.15) is 438 Å². The van der Waals surface area contributed by atoms with Crippen LogP contribution in [0, 0.1) is 0 Å². The van der Waals surface area contributed by atoms with Gasteiger partial charge in [-0.1, -0.05) is 386 Å². The predicted molar refractivity (Wildman–Crippen MR) is 361 cm³/mol. The smallest absolute Gasteiger partial charge is 0.305 e. The van der Waals surface area contributed by atoms with Crippen LogP contribution in [0.15, 0.2) is 12.2 Å². The van der Waals surface area contributed by atoms with Gasteiger partial charge >= 0.3 is 5.97 Å². The summed E-state index contributed by atoms with van der Waals surface area (Å²) in [6, 6.07) is -0.539. The molecule has 0 aliphatic rings. The van der Waals surface area contributed by atoms with Crippen LogP contribution in [0.5, 0.6) is 0 Å². The number of aliphatic hydroxyl groups excluding tert-OH is 2. The van der Waals surface area contributed by atoms with Gasteiger partial charge in [-0.05, 0) is 51.4 Å². The molecule has 0 aromatic heterocycles. The van der Waals surface area contributed by atoms with Crippen LogP contribution in [0.2, 0.25) is 0 Å². The summed E-state index contributed by atoms with van der Waals surface area (Å²) in [5, 5.41) is 23.4. The maximum Gasteiger partial charge on any atom is 0.305 e. The van der Waals surface area contributed by atoms with Gasteiger partial charge in [0.1, 0.15) is 0 Å². The molecule has 0 bridgehead atoms. The molecular weight excluding hydrogens is 1010 g/mol. The lowest BCUT2D eigenvalue weighted by Crippen LogP contribution is -2.45. The van der Waals surface area contributed by atoms with Gasteiger partial charge in [0.05, 0.1) is 25.4 Å². The summed E-state index contributed by atoms with van der Waals surface area (Å²) in [5.41, 5.74) is 0. The third-order valence-corrected chi connectivity index (χ3v) is 18.1. The first kappa shape index (κ1) is 80.6. The molecule has 1 amide bonds. The lowest BCUT2D eigenvalue weighted by Gasteiger charge is -2.22. The van der Waals surface area contributed by atoms with Gasteiger partial charge < -0.3 is 20.3 Å². The maximum atomic E-state index is 12.5. The molecule has 3 N–H and O–H groups in total. The minimum absolute atomic E-state index is 0.0222. The quantitative estimate of drug-likeness (QED) is 0.0320. The Morgan fingerprint density at radius 1 is 0.329 bits per heavy atom. The Balaban J connectivity index is 3.34. The standard InChI is InChI=1S/C76H149NO5/c1-3-5-7-9-11-13-15-17-19-20-37-41-44-48-52-56-60-64-68-74(79)73(72-78)77-75(80)69-65-61-57-53-49-45-42-38-35-33-31-29-27-25-23-21-22-24-26-28-30-32-34-36-39-43-47-51-55-59-63-67-71-82-76(81)70-66-62-58-54-50-46-40-18-16-14-12-10-8-6-4-2/h24,26,73-74,78-79H,3-23,25,27-72H2,1-2H3,(H,77,80)/b26-24-. The monoisotopic (exact) mass is 1160 g/mol. The van der Waals surface area contributed by atoms with Gasteiger partial charge in [0.15, 0.2) is 0 Å². The molecule has 0 radical (unpaired) electrons. The molecule has 0 heterocycles. The van der Waals surface area contributed by atoms with E-state index in [2.05, 4.69) is 31.3 Å². The second kappa shape index (κ2) is 72.1. The van der Waals surface area contributed by atoms with Crippen LogP contribution < -0.4 is 5.32 Å². The minimum Gasteiger partial charge on any atom is -0.466 e. The van der Waals surface area contributed by atoms with Crippen molar-refractivity contribution < 1.29 is 24.5 Å². The van der Waals surface area contributed by atoms with Crippen LogP contribution >= 0.6 is 0 Å². The van der Waals surface area contributed by atoms with Gasteiger partial charge in [0.2, 0.25) is 5.91 Å². The highest BCUT2D eigenvalue weighted by Gasteiger charge is 2.20. The van der Waals surface area contributed by atoms with Crippen LogP contribution in [-0.4, -0.2) is 47.4 Å². The van der Waals surface area contributed by atoms with E-state index in [1.165, 1.54) is 366 Å². The highest BCUT2D eigenvalue weighted by Crippen LogP contribution is 2.20. The van der Waals surface area contributed by atoms with Crippen LogP contribution in [0.3, 0.4) is 0 Å². The lowest BCUT2D eigenvalue weighted by atomic mass is 10.0. The van der Waals surface area contributed by atoms with E-state index in [9.17, 15) is 19.8 Å². The average molecular weight is 1160 g/mol. The minimum atomic E-state index is -0.662. The molecule has 82 heavy (non-hydrogen) atoms. The van der Waals surface area contributed by atoms with Crippen LogP contribution in [-0.2, 0) is 14.3 Å². The number of hydrogen-bond donors (Lipinski definition) is 3. The fourth-order valence-corrected chi connectivity index (χ4v) is 12.3. The molecule has 0 spiro atoms. The number of allylic oxidation sites excluding steroid dienone is 2. The Morgan fingerprint density at radius 2 is 0.573 bits per heavy atom. The highest BCUT2D eigenvalue weighted by molar-refractivity contribution is 5.76. The normalized spacial score (nSPS) is 12.5. The molecule has 6 heteroatoms. The van der Waals surface area contributed by atoms with Gasteiger partial charge in [-0.3, -0.25) is 9.59 Å². The first-order valence-electron chi connectivity index (χ1n) is 37.9. The van der Waals surface area contributed by atoms with E-state index in [-0.39, 0.29) is 18.5 Å². The first-order chi connectivity index (χ1) is 40.5. The van der Waals surface area contributed by atoms with Crippen molar-refractivity contribution in [3.63, 3.8) is 0 Å². The van der Waals surface area contributed by atoms with Crippen molar-refractivity contribution >= 4 is 11.9 Å². The maximum absolute atomic E-state index is 12.5. The van der Waals surface area contributed by atoms with Crippen LogP contribution in [0.25, 0.3) is 0 Å². The molecule has 2 unspecified atom stereocenters. The number of nitrogens with one attached hydrogen (secondary N) is 1. The second-order valence-corrected chi connectivity index (χ2v) is 26.3. The summed E-state index contributed by atoms with van der Waals surface area (Å²) in [7, 11) is 0. The van der Waals surface area contributed by atoms with Gasteiger partial charge in [0.25, 0.3) is 0 Å². The van der Waals surface area contributed by atoms with Crippen molar-refractivity contribution in [3.05, 3.63) is 12.2 Å². The molecule has 0 aliphatic carbocycles. The molecule has 0 fully saturated rings. The van der Waals surface area contributed by atoms with Crippen molar-refractivity contribution in [3.8, 4) is 0 Å². The number of aliphatic hydroxyl groups is 2. The fraction of sp³-hybridized carbons (Fsp3) is 0.947. The van der Waals surface area contributed by atoms with E-state index >= 15 is 0 Å². The number of carbonyl (C=O) groups is 2. The number of carbonyl (C=O) groups excluding carboxylic acids is 2. The first-order valence-corrected chi connectivity index (χ1v) is 37.9. The fourth-order valence-electron chi connectivity index (χ4n) is 12.3. The van der Waals surface area contributed by atoms with Crippen molar-refractivity contribution in [2.45, 2.75) is 450 Å². The Hall–Kier alpha value is -1.40. The Morgan fingerprint density at radius 3 is 0.866 bits per heavy atom. The molecule has 488 valence electrons. The molecule has 0 aromatic carbocycles. The molecule has 0 aromatic rings. The lowest BCUT2D eigenvalue weighted by molar-refractivity contribution is -0.143. The summed E-state index contributed by atoms with van der Waals surface area (Å²) in [4.78, 5) is 24.6. The summed E-state index contributed by atoms with van der Waals surface area (Å²) in [6.45, 7) is 5.01. The summed E-state index contributed by atoms with van der Waals surface area (Å²) in [5.74, 6) is -0.00540. The molecule has 2 atom stereocenters. The molecule has 0 saturated carbocycles. The van der Waals surface area contributed by atoms with Gasteiger partial charge in [-0.25, -0.2) is 0 Å². The van der Waals surface area contributed by atoms with Gasteiger partial charge in [-0.15, -0.1) is 0 Å². The average Bonchev–Trinajstić information content (AvgIpc) is 3.48. The highest BCUT2D eigenvalue weighted by atomic mass is 16.5. The Bertz CT molecular complexity index is 1240. The van der Waals surface area contributed by atoms with Crippen LogP contribution in [0.4, 0.5) is 0 Å². The summed E-state index contributed by atoms with van der Waals surface area (Å²) in [6.07, 6.45) is 90.0. The molecule has 0 rings (SSSR count). The third kappa shape index (κ3) is 67.7. The molecule has 6 nitrogen and oxygen atoms in total. The van der Waals surface area contributed by atoms with Crippen molar-refractivity contribution in [1.82, 2.24) is 5.32 Å². The van der Waals surface area contributed by atoms with E-state index in [0.717, 1.165) is 38.5 Å². The zero-order valence-electron chi connectivity index (χ0n) is 56.0. The number of unbranched alkanes of at least 4 members (excludes halogenated alkanes) is 59. The second-order valence-electron chi connectivity index (χ2n) is 26.3. The largest absolute Gasteiger partial charge is 0.466 e. The topological polar surface area (TPSA) is 95.9 Å². The SMILES string of the molecule is CCCCCCCCCCCCCCCCCCCCC(O)C(CO)NC(=O)CCCCCCCCCCCCCCCCCC/C=C\CCCCCCCCCCCCCCOC(=O)CCCCCCCCCCCCCCCCC. The molecule has 0 saturated heterocycles. The van der Waals surface area contributed by atoms with Crippen molar-refractivity contribution in [1.29, 1.82) is 0 Å². The molecular formula is C76H149NO5. The van der Waals surface area contributed by atoms with E-state index in [1.54, 1.807) is 0 Å². The van der Waals surface area contributed by atoms with E-state index < -0.39 is 12.1 Å². The summed E-state index contributed by atoms with van der Waals surface area (Å²) < 4.78 is 5.50. The van der Waals surface area contributed by atoms with E-state index in [1.807, 2.05) is 0 Å². The zero-order chi connectivity index (χ0) is 59.2. The van der Waals surface area contributed by atoms with E-state index in [4.69, 9.17) is 4.74 Å². The van der Waals surface area contributed by atoms with Crippen molar-refractivity contribution in [2.75, 3.05) is 13.2 Å². The van der Waals surface area contributed by atoms with Gasteiger partial charge in [-0.2, -0.15) is 0 Å². The van der Waals surface area contributed by atoms with E-state index in [0.29, 0.717) is 25.9 Å². The number of rotatable bonds is 72. The Kier molecular flexibility index (Phi) is 70.8. The number of esters is 1. The third-order valence-electron chi connectivity index (χ3n) is 18.1. The number of ether oxygens (including phenoxy) is 1. The number of amides is 1. The number of hydrogen-bond acceptors (Lipinski definition) is 5. The summed E-state index contributed by atoms with van der Waals surface area (Å²) >= 11 is 0.